The van der Waals surface area contributed by atoms with Gasteiger partial charge in [0.05, 0.1) is 24.4 Å². The Morgan fingerprint density at radius 3 is 2.18 bits per heavy atom. The van der Waals surface area contributed by atoms with Gasteiger partial charge >= 0.3 is 11.9 Å². The molecule has 1 saturated carbocycles. The number of hydrogen-bond acceptors (Lipinski definition) is 4. The minimum Gasteiger partial charge on any atom is -0.481 e. The standard InChI is InChI=1S/C16H25NO5/c1-2-22-16(21)11-7-9-17(10-8-11)14(18)12-5-3-4-6-13(12)15(19)20/h11-13H,2-10H2,1H3,(H,19,20)/t12-,13-/m1/s1. The molecule has 1 heterocycles. The first kappa shape index (κ1) is 16.8. The van der Waals surface area contributed by atoms with Gasteiger partial charge in [-0.05, 0) is 32.6 Å². The molecule has 124 valence electrons. The number of carbonyl (C=O) groups is 3. The van der Waals surface area contributed by atoms with Crippen molar-refractivity contribution in [1.82, 2.24) is 4.90 Å². The van der Waals surface area contributed by atoms with Crippen LogP contribution in [-0.4, -0.2) is 47.5 Å². The maximum absolute atomic E-state index is 12.6. The maximum atomic E-state index is 12.6. The predicted molar refractivity (Wildman–Crippen MR) is 79.0 cm³/mol. The molecule has 2 atom stereocenters. The van der Waals surface area contributed by atoms with Gasteiger partial charge in [0, 0.05) is 13.1 Å². The van der Waals surface area contributed by atoms with Crippen LogP contribution in [0, 0.1) is 17.8 Å². The molecule has 1 aliphatic carbocycles. The van der Waals surface area contributed by atoms with Gasteiger partial charge in [0.1, 0.15) is 0 Å². The Morgan fingerprint density at radius 2 is 1.64 bits per heavy atom. The van der Waals surface area contributed by atoms with Gasteiger partial charge < -0.3 is 14.7 Å². The van der Waals surface area contributed by atoms with Crippen LogP contribution in [0.4, 0.5) is 0 Å². The molecule has 6 nitrogen and oxygen atoms in total. The molecule has 0 aromatic rings. The lowest BCUT2D eigenvalue weighted by molar-refractivity contribution is -0.155. The molecule has 22 heavy (non-hydrogen) atoms. The number of hydrogen-bond donors (Lipinski definition) is 1. The molecular weight excluding hydrogens is 286 g/mol. The Balaban J connectivity index is 1.91. The van der Waals surface area contributed by atoms with Crippen LogP contribution in [0.1, 0.15) is 45.4 Å². The number of carboxylic acid groups (broad SMARTS) is 1. The van der Waals surface area contributed by atoms with Gasteiger partial charge in [0.25, 0.3) is 0 Å². The van der Waals surface area contributed by atoms with Gasteiger partial charge in [0.2, 0.25) is 5.91 Å². The van der Waals surface area contributed by atoms with Gasteiger partial charge in [-0.2, -0.15) is 0 Å². The van der Waals surface area contributed by atoms with Crippen molar-refractivity contribution in [1.29, 1.82) is 0 Å². The number of ether oxygens (including phenoxy) is 1. The fourth-order valence-electron chi connectivity index (χ4n) is 3.55. The number of amides is 1. The largest absolute Gasteiger partial charge is 0.481 e. The zero-order valence-electron chi connectivity index (χ0n) is 13.1. The Morgan fingerprint density at radius 1 is 1.05 bits per heavy atom. The predicted octanol–water partition coefficient (Wildman–Crippen LogP) is 1.68. The van der Waals surface area contributed by atoms with E-state index in [0.717, 1.165) is 12.8 Å². The third-order valence-corrected chi connectivity index (χ3v) is 4.83. The van der Waals surface area contributed by atoms with E-state index in [9.17, 15) is 19.5 Å². The average molecular weight is 311 g/mol. The van der Waals surface area contributed by atoms with Crippen LogP contribution >= 0.6 is 0 Å². The summed E-state index contributed by atoms with van der Waals surface area (Å²) in [5.41, 5.74) is 0. The van der Waals surface area contributed by atoms with Gasteiger partial charge in [-0.25, -0.2) is 0 Å². The SMILES string of the molecule is CCOC(=O)C1CCN(C(=O)[C@@H]2CCCC[C@H]2C(=O)O)CC1. The second-order valence-electron chi connectivity index (χ2n) is 6.19. The minimum absolute atomic E-state index is 0.0468. The van der Waals surface area contributed by atoms with Crippen LogP contribution in [0.5, 0.6) is 0 Å². The molecule has 0 aromatic heterocycles. The summed E-state index contributed by atoms with van der Waals surface area (Å²) in [5.74, 6) is -2.18. The van der Waals surface area contributed by atoms with Crippen molar-refractivity contribution in [2.45, 2.75) is 45.4 Å². The van der Waals surface area contributed by atoms with E-state index in [4.69, 9.17) is 4.74 Å². The smallest absolute Gasteiger partial charge is 0.309 e. The normalized spacial score (nSPS) is 26.5. The van der Waals surface area contributed by atoms with E-state index in [1.165, 1.54) is 0 Å². The van der Waals surface area contributed by atoms with Gasteiger partial charge in [-0.1, -0.05) is 12.8 Å². The minimum atomic E-state index is -0.862. The first-order valence-corrected chi connectivity index (χ1v) is 8.22. The molecule has 0 radical (unpaired) electrons. The van der Waals surface area contributed by atoms with Crippen LogP contribution in [0.15, 0.2) is 0 Å². The number of carbonyl (C=O) groups excluding carboxylic acids is 2. The lowest BCUT2D eigenvalue weighted by atomic mass is 9.78. The summed E-state index contributed by atoms with van der Waals surface area (Å²) in [7, 11) is 0. The van der Waals surface area contributed by atoms with Crippen molar-refractivity contribution in [2.75, 3.05) is 19.7 Å². The van der Waals surface area contributed by atoms with E-state index in [1.807, 2.05) is 0 Å². The number of aliphatic carboxylic acids is 1. The topological polar surface area (TPSA) is 83.9 Å². The summed E-state index contributed by atoms with van der Waals surface area (Å²) in [6.45, 7) is 3.20. The highest BCUT2D eigenvalue weighted by Crippen LogP contribution is 2.33. The number of piperidine rings is 1. The van der Waals surface area contributed by atoms with Crippen molar-refractivity contribution in [3.63, 3.8) is 0 Å². The van der Waals surface area contributed by atoms with Crippen molar-refractivity contribution < 1.29 is 24.2 Å². The molecule has 1 amide bonds. The number of rotatable bonds is 4. The Labute approximate surface area is 130 Å². The molecule has 1 saturated heterocycles. The van der Waals surface area contributed by atoms with E-state index < -0.39 is 17.8 Å². The van der Waals surface area contributed by atoms with Gasteiger partial charge in [-0.15, -0.1) is 0 Å². The molecule has 2 rings (SSSR count). The molecule has 6 heteroatoms. The molecule has 2 aliphatic rings. The number of nitrogens with zero attached hydrogens (tertiary/aromatic N) is 1. The zero-order valence-corrected chi connectivity index (χ0v) is 13.1. The fraction of sp³-hybridized carbons (Fsp3) is 0.812. The Bertz CT molecular complexity index is 428. The summed E-state index contributed by atoms with van der Waals surface area (Å²) >= 11 is 0. The fourth-order valence-corrected chi connectivity index (χ4v) is 3.55. The second-order valence-corrected chi connectivity index (χ2v) is 6.19. The first-order valence-electron chi connectivity index (χ1n) is 8.22. The second kappa shape index (κ2) is 7.61. The van der Waals surface area contributed by atoms with E-state index in [1.54, 1.807) is 11.8 Å². The van der Waals surface area contributed by atoms with E-state index in [0.29, 0.717) is 45.4 Å². The van der Waals surface area contributed by atoms with Crippen LogP contribution < -0.4 is 0 Å². The monoisotopic (exact) mass is 311 g/mol. The summed E-state index contributed by atoms with van der Waals surface area (Å²) < 4.78 is 5.02. The number of carboxylic acids is 1. The highest BCUT2D eigenvalue weighted by Gasteiger charge is 2.39. The zero-order chi connectivity index (χ0) is 16.1. The van der Waals surface area contributed by atoms with E-state index in [-0.39, 0.29) is 17.8 Å². The summed E-state index contributed by atoms with van der Waals surface area (Å²) in [6, 6.07) is 0. The summed E-state index contributed by atoms with van der Waals surface area (Å²) in [6.07, 6.45) is 4.26. The molecule has 2 fully saturated rings. The molecule has 1 N–H and O–H groups in total. The molecule has 0 aromatic carbocycles. The highest BCUT2D eigenvalue weighted by atomic mass is 16.5. The highest BCUT2D eigenvalue weighted by molar-refractivity contribution is 5.85. The van der Waals surface area contributed by atoms with Crippen LogP contribution in [0.25, 0.3) is 0 Å². The van der Waals surface area contributed by atoms with Crippen molar-refractivity contribution in [3.8, 4) is 0 Å². The van der Waals surface area contributed by atoms with E-state index in [2.05, 4.69) is 0 Å². The third-order valence-electron chi connectivity index (χ3n) is 4.83. The lowest BCUT2D eigenvalue weighted by Crippen LogP contribution is -2.46. The molecule has 1 aliphatic heterocycles. The van der Waals surface area contributed by atoms with Gasteiger partial charge in [0.15, 0.2) is 0 Å². The van der Waals surface area contributed by atoms with Crippen LogP contribution in [0.2, 0.25) is 0 Å². The lowest BCUT2D eigenvalue weighted by Gasteiger charge is -2.36. The molecule has 0 spiro atoms. The Hall–Kier alpha value is -1.59. The third kappa shape index (κ3) is 3.78. The quantitative estimate of drug-likeness (QED) is 0.799. The van der Waals surface area contributed by atoms with Gasteiger partial charge in [-0.3, -0.25) is 14.4 Å². The molecule has 0 unspecified atom stereocenters. The van der Waals surface area contributed by atoms with E-state index >= 15 is 0 Å². The number of likely N-dealkylation sites (tertiary alicyclic amines) is 1. The maximum Gasteiger partial charge on any atom is 0.309 e. The van der Waals surface area contributed by atoms with Crippen molar-refractivity contribution >= 4 is 17.8 Å². The summed E-state index contributed by atoms with van der Waals surface area (Å²) in [4.78, 5) is 37.4. The molecular formula is C16H25NO5. The summed E-state index contributed by atoms with van der Waals surface area (Å²) in [5, 5.41) is 9.30. The molecule has 0 bridgehead atoms. The van der Waals surface area contributed by atoms with Crippen molar-refractivity contribution in [2.24, 2.45) is 17.8 Å². The first-order chi connectivity index (χ1) is 10.5. The Kier molecular flexibility index (Phi) is 5.80. The van der Waals surface area contributed by atoms with Crippen LogP contribution in [-0.2, 0) is 19.1 Å². The number of esters is 1. The van der Waals surface area contributed by atoms with Crippen molar-refractivity contribution in [3.05, 3.63) is 0 Å². The van der Waals surface area contributed by atoms with Crippen LogP contribution in [0.3, 0.4) is 0 Å². The average Bonchev–Trinajstić information content (AvgIpc) is 2.54.